The molecule has 3 unspecified atom stereocenters. The highest BCUT2D eigenvalue weighted by molar-refractivity contribution is 5.93. The molecule has 0 aromatic carbocycles. The normalized spacial score (nSPS) is 32.0. The largest absolute Gasteiger partial charge is 0.378 e. The van der Waals surface area contributed by atoms with E-state index in [2.05, 4.69) is 10.6 Å². The van der Waals surface area contributed by atoms with Crippen LogP contribution >= 0.6 is 0 Å². The zero-order valence-corrected chi connectivity index (χ0v) is 13.4. The van der Waals surface area contributed by atoms with E-state index in [9.17, 15) is 9.59 Å². The fraction of sp³-hybridized carbons (Fsp3) is 0.867. The average Bonchev–Trinajstić information content (AvgIpc) is 3.21. The van der Waals surface area contributed by atoms with Gasteiger partial charge in [0.05, 0.1) is 6.10 Å². The van der Waals surface area contributed by atoms with E-state index in [0.717, 1.165) is 12.8 Å². The molecule has 120 valence electrons. The molecule has 0 aromatic heterocycles. The number of hydrogen-bond donors (Lipinski definition) is 3. The van der Waals surface area contributed by atoms with Gasteiger partial charge in [-0.1, -0.05) is 13.8 Å². The van der Waals surface area contributed by atoms with Crippen LogP contribution < -0.4 is 16.4 Å². The van der Waals surface area contributed by atoms with Gasteiger partial charge in [0.15, 0.2) is 0 Å². The van der Waals surface area contributed by atoms with E-state index >= 15 is 0 Å². The van der Waals surface area contributed by atoms with Crippen molar-refractivity contribution in [3.63, 3.8) is 0 Å². The van der Waals surface area contributed by atoms with Crippen LogP contribution in [0.4, 0.5) is 0 Å². The Hall–Kier alpha value is -1.14. The monoisotopic (exact) mass is 297 g/mol. The zero-order chi connectivity index (χ0) is 15.8. The van der Waals surface area contributed by atoms with Gasteiger partial charge < -0.3 is 21.1 Å². The van der Waals surface area contributed by atoms with Gasteiger partial charge in [-0.05, 0) is 26.7 Å². The van der Waals surface area contributed by atoms with Crippen molar-refractivity contribution in [2.75, 3.05) is 6.61 Å². The molecule has 0 heterocycles. The third-order valence-electron chi connectivity index (χ3n) is 4.90. The molecule has 0 saturated heterocycles. The van der Waals surface area contributed by atoms with Crippen LogP contribution in [0.15, 0.2) is 0 Å². The maximum absolute atomic E-state index is 12.5. The predicted molar refractivity (Wildman–Crippen MR) is 79.5 cm³/mol. The molecule has 2 rings (SSSR count). The standard InChI is InChI=1S/C15H27N3O3/c1-5-21-11-8-15(16,14(11,3)4)13(20)17-9(2)12(19)18-10-6-7-10/h9-11H,5-8,16H2,1-4H3,(H,17,20)(H,18,19). The van der Waals surface area contributed by atoms with Gasteiger partial charge in [0.2, 0.25) is 11.8 Å². The van der Waals surface area contributed by atoms with Crippen molar-refractivity contribution in [1.82, 2.24) is 10.6 Å². The summed E-state index contributed by atoms with van der Waals surface area (Å²) in [6.45, 7) is 8.09. The molecule has 0 radical (unpaired) electrons. The average molecular weight is 297 g/mol. The number of carbonyl (C=O) groups excluding carboxylic acids is 2. The Bertz CT molecular complexity index is 434. The topological polar surface area (TPSA) is 93.4 Å². The van der Waals surface area contributed by atoms with Crippen molar-refractivity contribution in [2.45, 2.75) is 70.7 Å². The van der Waals surface area contributed by atoms with Crippen LogP contribution in [0.5, 0.6) is 0 Å². The number of nitrogens with two attached hydrogens (primary N) is 1. The Morgan fingerprint density at radius 3 is 2.48 bits per heavy atom. The van der Waals surface area contributed by atoms with Gasteiger partial charge in [-0.15, -0.1) is 0 Å². The van der Waals surface area contributed by atoms with E-state index in [1.807, 2.05) is 20.8 Å². The first-order valence-electron chi connectivity index (χ1n) is 7.74. The molecule has 2 amide bonds. The molecule has 2 aliphatic rings. The smallest absolute Gasteiger partial charge is 0.242 e. The predicted octanol–water partition coefficient (Wildman–Crippen LogP) is 0.302. The van der Waals surface area contributed by atoms with Crippen LogP contribution in [0.3, 0.4) is 0 Å². The molecule has 3 atom stereocenters. The highest BCUT2D eigenvalue weighted by atomic mass is 16.5. The number of ether oxygens (including phenoxy) is 1. The molecule has 4 N–H and O–H groups in total. The number of nitrogens with one attached hydrogen (secondary N) is 2. The van der Waals surface area contributed by atoms with Gasteiger partial charge in [-0.25, -0.2) is 0 Å². The third kappa shape index (κ3) is 2.92. The highest BCUT2D eigenvalue weighted by Crippen LogP contribution is 2.49. The Morgan fingerprint density at radius 2 is 2.00 bits per heavy atom. The van der Waals surface area contributed by atoms with Crippen LogP contribution in [-0.2, 0) is 14.3 Å². The van der Waals surface area contributed by atoms with Gasteiger partial charge in [0.1, 0.15) is 11.6 Å². The number of carbonyl (C=O) groups is 2. The first kappa shape index (κ1) is 16.2. The fourth-order valence-corrected chi connectivity index (χ4v) is 2.77. The molecule has 2 aliphatic carbocycles. The Morgan fingerprint density at radius 1 is 1.38 bits per heavy atom. The minimum Gasteiger partial charge on any atom is -0.378 e. The van der Waals surface area contributed by atoms with E-state index in [-0.39, 0.29) is 24.0 Å². The molecule has 2 fully saturated rings. The van der Waals surface area contributed by atoms with Crippen molar-refractivity contribution >= 4 is 11.8 Å². The van der Waals surface area contributed by atoms with Crippen molar-refractivity contribution in [3.05, 3.63) is 0 Å². The molecular weight excluding hydrogens is 270 g/mol. The Balaban J connectivity index is 1.91. The first-order valence-corrected chi connectivity index (χ1v) is 7.74. The number of hydrogen-bond acceptors (Lipinski definition) is 4. The lowest BCUT2D eigenvalue weighted by atomic mass is 9.54. The second-order valence-electron chi connectivity index (χ2n) is 6.82. The van der Waals surface area contributed by atoms with Crippen LogP contribution in [0.2, 0.25) is 0 Å². The van der Waals surface area contributed by atoms with Crippen molar-refractivity contribution in [1.29, 1.82) is 0 Å². The van der Waals surface area contributed by atoms with Crippen molar-refractivity contribution < 1.29 is 14.3 Å². The maximum Gasteiger partial charge on any atom is 0.242 e. The summed E-state index contributed by atoms with van der Waals surface area (Å²) in [5.74, 6) is -0.421. The SMILES string of the molecule is CCOC1CC(N)(C(=O)NC(C)C(=O)NC2CC2)C1(C)C. The van der Waals surface area contributed by atoms with Crippen LogP contribution in [0.1, 0.15) is 47.0 Å². The summed E-state index contributed by atoms with van der Waals surface area (Å²) in [6, 6.07) is -0.286. The molecule has 0 bridgehead atoms. The summed E-state index contributed by atoms with van der Waals surface area (Å²) in [5.41, 5.74) is 4.85. The first-order chi connectivity index (χ1) is 9.72. The number of amides is 2. The minimum absolute atomic E-state index is 0.0196. The van der Waals surface area contributed by atoms with Crippen molar-refractivity contribution in [2.24, 2.45) is 11.1 Å². The molecule has 6 nitrogen and oxygen atoms in total. The van der Waals surface area contributed by atoms with Crippen LogP contribution in [0, 0.1) is 5.41 Å². The Kier molecular flexibility index (Phi) is 4.31. The van der Waals surface area contributed by atoms with Gasteiger partial charge in [-0.3, -0.25) is 9.59 Å². The summed E-state index contributed by atoms with van der Waals surface area (Å²) in [6.07, 6.45) is 2.51. The third-order valence-corrected chi connectivity index (χ3v) is 4.90. The summed E-state index contributed by atoms with van der Waals surface area (Å²) in [4.78, 5) is 24.4. The number of rotatable bonds is 6. The molecular formula is C15H27N3O3. The molecule has 2 saturated carbocycles. The van der Waals surface area contributed by atoms with E-state index < -0.39 is 17.0 Å². The summed E-state index contributed by atoms with van der Waals surface area (Å²) >= 11 is 0. The lowest BCUT2D eigenvalue weighted by molar-refractivity contribution is -0.171. The summed E-state index contributed by atoms with van der Waals surface area (Å²) < 4.78 is 5.61. The molecule has 0 aliphatic heterocycles. The van der Waals surface area contributed by atoms with E-state index in [0.29, 0.717) is 13.0 Å². The van der Waals surface area contributed by atoms with Crippen LogP contribution in [0.25, 0.3) is 0 Å². The van der Waals surface area contributed by atoms with Crippen molar-refractivity contribution in [3.8, 4) is 0 Å². The molecule has 0 aromatic rings. The second-order valence-corrected chi connectivity index (χ2v) is 6.82. The zero-order valence-electron chi connectivity index (χ0n) is 13.4. The highest BCUT2D eigenvalue weighted by Gasteiger charge is 2.63. The lowest BCUT2D eigenvalue weighted by Crippen LogP contribution is -2.76. The van der Waals surface area contributed by atoms with Gasteiger partial charge in [0, 0.05) is 24.5 Å². The molecule has 6 heteroatoms. The van der Waals surface area contributed by atoms with E-state index in [1.54, 1.807) is 6.92 Å². The quantitative estimate of drug-likeness (QED) is 0.657. The fourth-order valence-electron chi connectivity index (χ4n) is 2.77. The second kappa shape index (κ2) is 5.57. The maximum atomic E-state index is 12.5. The molecule has 0 spiro atoms. The Labute approximate surface area is 126 Å². The van der Waals surface area contributed by atoms with Crippen LogP contribution in [-0.4, -0.2) is 42.1 Å². The molecule has 21 heavy (non-hydrogen) atoms. The lowest BCUT2D eigenvalue weighted by Gasteiger charge is -2.57. The van der Waals surface area contributed by atoms with E-state index in [4.69, 9.17) is 10.5 Å². The summed E-state index contributed by atoms with van der Waals surface area (Å²) in [7, 11) is 0. The summed E-state index contributed by atoms with van der Waals surface area (Å²) in [5, 5.41) is 5.62. The van der Waals surface area contributed by atoms with Gasteiger partial charge >= 0.3 is 0 Å². The van der Waals surface area contributed by atoms with E-state index in [1.165, 1.54) is 0 Å². The minimum atomic E-state index is -0.985. The van der Waals surface area contributed by atoms with Gasteiger partial charge in [-0.2, -0.15) is 0 Å². The van der Waals surface area contributed by atoms with Gasteiger partial charge in [0.25, 0.3) is 0 Å².